The largest absolute Gasteiger partial charge is 0.484 e. The van der Waals surface area contributed by atoms with E-state index in [1.165, 1.54) is 12.1 Å². The van der Waals surface area contributed by atoms with Gasteiger partial charge in [0.2, 0.25) is 5.91 Å². The van der Waals surface area contributed by atoms with Crippen LogP contribution in [-0.2, 0) is 16.0 Å². The molecule has 0 spiro atoms. The summed E-state index contributed by atoms with van der Waals surface area (Å²) in [5.41, 5.74) is 0.400. The lowest BCUT2D eigenvalue weighted by molar-refractivity contribution is -0.138. The highest BCUT2D eigenvalue weighted by molar-refractivity contribution is 6.30. The number of rotatable bonds is 8. The minimum absolute atomic E-state index is 0.0530. The second-order valence-electron chi connectivity index (χ2n) is 9.19. The first-order valence-corrected chi connectivity index (χ1v) is 12.1. The Bertz CT molecular complexity index is 1020. The van der Waals surface area contributed by atoms with Gasteiger partial charge in [-0.3, -0.25) is 9.59 Å². The number of ether oxygens (including phenoxy) is 1. The van der Waals surface area contributed by atoms with Crippen LogP contribution in [0, 0.1) is 23.5 Å². The van der Waals surface area contributed by atoms with Crippen LogP contribution < -0.4 is 4.74 Å². The number of likely N-dealkylation sites (N-methyl/N-ethyl adjacent to an activating group) is 1. The third-order valence-electron chi connectivity index (χ3n) is 6.83. The van der Waals surface area contributed by atoms with E-state index in [1.807, 2.05) is 0 Å². The van der Waals surface area contributed by atoms with Gasteiger partial charge in [0.1, 0.15) is 17.4 Å². The monoisotopic (exact) mass is 490 g/mol. The number of hydrogen-bond donors (Lipinski definition) is 0. The van der Waals surface area contributed by atoms with Crippen LogP contribution in [-0.4, -0.2) is 54.4 Å². The summed E-state index contributed by atoms with van der Waals surface area (Å²) < 4.78 is 33.4. The number of nitrogens with zero attached hydrogens (tertiary/aromatic N) is 2. The lowest BCUT2D eigenvalue weighted by Gasteiger charge is -2.40. The first kappa shape index (κ1) is 24.5. The number of piperidine rings is 1. The highest BCUT2D eigenvalue weighted by Gasteiger charge is 2.38. The topological polar surface area (TPSA) is 49.9 Å². The first-order chi connectivity index (χ1) is 16.3. The second kappa shape index (κ2) is 10.7. The second-order valence-corrected chi connectivity index (χ2v) is 9.63. The number of halogens is 3. The van der Waals surface area contributed by atoms with E-state index >= 15 is 0 Å². The van der Waals surface area contributed by atoms with Crippen LogP contribution in [0.3, 0.4) is 0 Å². The zero-order chi connectivity index (χ0) is 24.2. The van der Waals surface area contributed by atoms with Crippen molar-refractivity contribution >= 4 is 23.4 Å². The molecule has 182 valence electrons. The fourth-order valence-electron chi connectivity index (χ4n) is 4.61. The Morgan fingerprint density at radius 1 is 1.09 bits per heavy atom. The fraction of sp³-hybridized carbons (Fsp3) is 0.462. The molecule has 1 aliphatic carbocycles. The number of amides is 2. The van der Waals surface area contributed by atoms with Gasteiger partial charge in [-0.1, -0.05) is 17.7 Å². The molecule has 2 aliphatic rings. The van der Waals surface area contributed by atoms with Gasteiger partial charge in [-0.15, -0.1) is 0 Å². The Morgan fingerprint density at radius 2 is 1.76 bits per heavy atom. The van der Waals surface area contributed by atoms with Crippen molar-refractivity contribution < 1.29 is 23.1 Å². The molecule has 1 heterocycles. The number of carbonyl (C=O) groups excluding carboxylic acids is 2. The molecule has 0 radical (unpaired) electrons. The standard InChI is InChI=1S/C26H29ClF2N2O3/c1-30(26(33)18-2-3-18)24(14-19-4-7-21(28)15-23(19)29)17-10-12-31(13-11-17)25(32)16-34-22-8-5-20(27)6-9-22/h4-9,15,17-18,24H,2-3,10-14,16H2,1H3/t24-/m1/s1. The van der Waals surface area contributed by atoms with Gasteiger partial charge in [-0.05, 0) is 73.9 Å². The van der Waals surface area contributed by atoms with Crippen LogP contribution in [0.5, 0.6) is 5.75 Å². The lowest BCUT2D eigenvalue weighted by atomic mass is 9.84. The summed E-state index contributed by atoms with van der Waals surface area (Å²) in [5, 5.41) is 0.598. The van der Waals surface area contributed by atoms with E-state index in [0.29, 0.717) is 48.7 Å². The van der Waals surface area contributed by atoms with Crippen molar-refractivity contribution in [2.24, 2.45) is 11.8 Å². The summed E-state index contributed by atoms with van der Waals surface area (Å²) >= 11 is 5.87. The molecule has 34 heavy (non-hydrogen) atoms. The van der Waals surface area contributed by atoms with Crippen LogP contribution in [0.15, 0.2) is 42.5 Å². The van der Waals surface area contributed by atoms with Crippen molar-refractivity contribution in [3.8, 4) is 5.75 Å². The molecule has 1 aliphatic heterocycles. The normalized spacial score (nSPS) is 17.4. The first-order valence-electron chi connectivity index (χ1n) is 11.7. The third kappa shape index (κ3) is 6.06. The van der Waals surface area contributed by atoms with Gasteiger partial charge in [0, 0.05) is 43.2 Å². The van der Waals surface area contributed by atoms with E-state index in [4.69, 9.17) is 16.3 Å². The molecule has 4 rings (SSSR count). The van der Waals surface area contributed by atoms with E-state index < -0.39 is 11.6 Å². The average Bonchev–Trinajstić information content (AvgIpc) is 3.68. The SMILES string of the molecule is CN(C(=O)C1CC1)[C@H](Cc1ccc(F)cc1F)C1CCN(C(=O)COc2ccc(Cl)cc2)CC1. The molecule has 0 aromatic heterocycles. The van der Waals surface area contributed by atoms with Crippen molar-refractivity contribution in [1.82, 2.24) is 9.80 Å². The summed E-state index contributed by atoms with van der Waals surface area (Å²) in [4.78, 5) is 29.0. The highest BCUT2D eigenvalue weighted by atomic mass is 35.5. The maximum atomic E-state index is 14.4. The smallest absolute Gasteiger partial charge is 0.260 e. The molecule has 5 nitrogen and oxygen atoms in total. The van der Waals surface area contributed by atoms with Crippen LogP contribution >= 0.6 is 11.6 Å². The van der Waals surface area contributed by atoms with Gasteiger partial charge >= 0.3 is 0 Å². The molecular formula is C26H29ClF2N2O3. The van der Waals surface area contributed by atoms with Gasteiger partial charge in [0.15, 0.2) is 6.61 Å². The minimum atomic E-state index is -0.618. The Balaban J connectivity index is 1.38. The van der Waals surface area contributed by atoms with Gasteiger partial charge in [-0.25, -0.2) is 8.78 Å². The molecule has 0 N–H and O–H groups in total. The summed E-state index contributed by atoms with van der Waals surface area (Å²) in [6, 6.07) is 10.2. The Labute approximate surface area is 203 Å². The summed E-state index contributed by atoms with van der Waals surface area (Å²) in [5.74, 6) is -0.485. The third-order valence-corrected chi connectivity index (χ3v) is 7.08. The van der Waals surface area contributed by atoms with Crippen molar-refractivity contribution in [2.45, 2.75) is 38.1 Å². The highest BCUT2D eigenvalue weighted by Crippen LogP contribution is 2.34. The van der Waals surface area contributed by atoms with Crippen molar-refractivity contribution in [3.63, 3.8) is 0 Å². The summed E-state index contributed by atoms with van der Waals surface area (Å²) in [6.07, 6.45) is 3.49. The maximum Gasteiger partial charge on any atom is 0.260 e. The fourth-order valence-corrected chi connectivity index (χ4v) is 4.74. The zero-order valence-corrected chi connectivity index (χ0v) is 19.9. The average molecular weight is 491 g/mol. The van der Waals surface area contributed by atoms with Gasteiger partial charge < -0.3 is 14.5 Å². The van der Waals surface area contributed by atoms with E-state index in [0.717, 1.165) is 18.9 Å². The Morgan fingerprint density at radius 3 is 2.38 bits per heavy atom. The molecular weight excluding hydrogens is 462 g/mol. The van der Waals surface area contributed by atoms with Crippen molar-refractivity contribution in [1.29, 1.82) is 0 Å². The van der Waals surface area contributed by atoms with E-state index in [1.54, 1.807) is 41.1 Å². The molecule has 2 amide bonds. The molecule has 8 heteroatoms. The zero-order valence-electron chi connectivity index (χ0n) is 19.2. The number of hydrogen-bond acceptors (Lipinski definition) is 3. The molecule has 0 unspecified atom stereocenters. The minimum Gasteiger partial charge on any atom is -0.484 e. The maximum absolute atomic E-state index is 14.4. The summed E-state index contributed by atoms with van der Waals surface area (Å²) in [6.45, 7) is 1.03. The van der Waals surface area contributed by atoms with Crippen LogP contribution in [0.4, 0.5) is 8.78 Å². The van der Waals surface area contributed by atoms with Gasteiger partial charge in [0.25, 0.3) is 5.91 Å². The number of likely N-dealkylation sites (tertiary alicyclic amines) is 1. The van der Waals surface area contributed by atoms with E-state index in [-0.39, 0.29) is 36.3 Å². The molecule has 2 aromatic rings. The molecule has 1 saturated heterocycles. The van der Waals surface area contributed by atoms with Crippen LogP contribution in [0.1, 0.15) is 31.2 Å². The Hall–Kier alpha value is -2.67. The lowest BCUT2D eigenvalue weighted by Crippen LogP contribution is -2.49. The number of benzene rings is 2. The van der Waals surface area contributed by atoms with Crippen molar-refractivity contribution in [2.75, 3.05) is 26.7 Å². The van der Waals surface area contributed by atoms with Crippen molar-refractivity contribution in [3.05, 3.63) is 64.7 Å². The van der Waals surface area contributed by atoms with E-state index in [9.17, 15) is 18.4 Å². The molecule has 2 fully saturated rings. The van der Waals surface area contributed by atoms with Crippen LogP contribution in [0.2, 0.25) is 5.02 Å². The van der Waals surface area contributed by atoms with Crippen LogP contribution in [0.25, 0.3) is 0 Å². The van der Waals surface area contributed by atoms with Gasteiger partial charge in [0.05, 0.1) is 0 Å². The molecule has 1 saturated carbocycles. The molecule has 1 atom stereocenters. The quantitative estimate of drug-likeness (QED) is 0.538. The van der Waals surface area contributed by atoms with Gasteiger partial charge in [-0.2, -0.15) is 0 Å². The number of carbonyl (C=O) groups is 2. The predicted octanol–water partition coefficient (Wildman–Crippen LogP) is 4.72. The predicted molar refractivity (Wildman–Crippen MR) is 126 cm³/mol. The Kier molecular flexibility index (Phi) is 7.71. The summed E-state index contributed by atoms with van der Waals surface area (Å²) in [7, 11) is 1.78. The molecule has 0 bridgehead atoms. The molecule has 2 aromatic carbocycles. The van der Waals surface area contributed by atoms with E-state index in [2.05, 4.69) is 0 Å².